The third kappa shape index (κ3) is 1.14. The standard InChI is InChI=1S/C9H13ClN2/c1-12-9(6-10)7-4-2-3-5-8(7)11-12/h2-6H2,1H3. The van der Waals surface area contributed by atoms with Crippen LogP contribution < -0.4 is 0 Å². The Morgan fingerprint density at radius 2 is 2.17 bits per heavy atom. The summed E-state index contributed by atoms with van der Waals surface area (Å²) in [6.45, 7) is 0. The Morgan fingerprint density at radius 1 is 1.42 bits per heavy atom. The maximum Gasteiger partial charge on any atom is 0.0659 e. The zero-order chi connectivity index (χ0) is 8.55. The average Bonchev–Trinajstić information content (AvgIpc) is 2.40. The molecule has 0 N–H and O–H groups in total. The molecule has 3 heteroatoms. The van der Waals surface area contributed by atoms with Gasteiger partial charge in [0.2, 0.25) is 0 Å². The van der Waals surface area contributed by atoms with E-state index in [0.717, 1.165) is 6.42 Å². The number of hydrogen-bond acceptors (Lipinski definition) is 1. The molecule has 0 saturated carbocycles. The fourth-order valence-electron chi connectivity index (χ4n) is 1.91. The highest BCUT2D eigenvalue weighted by Gasteiger charge is 2.17. The van der Waals surface area contributed by atoms with E-state index in [9.17, 15) is 0 Å². The Hall–Kier alpha value is -0.500. The average molecular weight is 185 g/mol. The minimum absolute atomic E-state index is 0.596. The van der Waals surface area contributed by atoms with Crippen molar-refractivity contribution < 1.29 is 0 Å². The third-order valence-electron chi connectivity index (χ3n) is 2.57. The smallest absolute Gasteiger partial charge is 0.0659 e. The summed E-state index contributed by atoms with van der Waals surface area (Å²) in [7, 11) is 1.98. The molecule has 66 valence electrons. The van der Waals surface area contributed by atoms with E-state index < -0.39 is 0 Å². The van der Waals surface area contributed by atoms with E-state index in [0.29, 0.717) is 5.88 Å². The molecular formula is C9H13ClN2. The normalized spacial score (nSPS) is 16.2. The fourth-order valence-corrected chi connectivity index (χ4v) is 2.25. The van der Waals surface area contributed by atoms with Crippen molar-refractivity contribution in [2.45, 2.75) is 31.6 Å². The summed E-state index contributed by atoms with van der Waals surface area (Å²) in [5, 5.41) is 4.45. The van der Waals surface area contributed by atoms with Crippen LogP contribution in [0, 0.1) is 0 Å². The summed E-state index contributed by atoms with van der Waals surface area (Å²) in [4.78, 5) is 0. The van der Waals surface area contributed by atoms with Gasteiger partial charge in [0.05, 0.1) is 17.3 Å². The molecule has 1 aromatic heterocycles. The number of nitrogens with zero attached hydrogens (tertiary/aromatic N) is 2. The van der Waals surface area contributed by atoms with Crippen LogP contribution in [0.3, 0.4) is 0 Å². The molecule has 2 rings (SSSR count). The van der Waals surface area contributed by atoms with Gasteiger partial charge in [0.1, 0.15) is 0 Å². The van der Waals surface area contributed by atoms with E-state index in [1.54, 1.807) is 0 Å². The highest BCUT2D eigenvalue weighted by molar-refractivity contribution is 6.17. The second kappa shape index (κ2) is 3.09. The van der Waals surface area contributed by atoms with Crippen LogP contribution in [0.25, 0.3) is 0 Å². The predicted octanol–water partition coefficient (Wildman–Crippen LogP) is 2.04. The molecule has 2 nitrogen and oxygen atoms in total. The maximum absolute atomic E-state index is 5.85. The highest BCUT2D eigenvalue weighted by Crippen LogP contribution is 2.24. The van der Waals surface area contributed by atoms with Crippen molar-refractivity contribution in [2.24, 2.45) is 7.05 Å². The summed E-state index contributed by atoms with van der Waals surface area (Å²) >= 11 is 5.85. The molecule has 1 heterocycles. The van der Waals surface area contributed by atoms with E-state index in [2.05, 4.69) is 5.10 Å². The minimum atomic E-state index is 0.596. The summed E-state index contributed by atoms with van der Waals surface area (Å²) in [6, 6.07) is 0. The molecule has 1 aliphatic rings. The summed E-state index contributed by atoms with van der Waals surface area (Å²) in [5.41, 5.74) is 3.91. The van der Waals surface area contributed by atoms with Crippen molar-refractivity contribution in [1.82, 2.24) is 9.78 Å². The van der Waals surface area contributed by atoms with Gasteiger partial charge in [-0.1, -0.05) is 0 Å². The molecule has 0 aliphatic heterocycles. The molecule has 0 unspecified atom stereocenters. The molecule has 0 atom stereocenters. The van der Waals surface area contributed by atoms with Gasteiger partial charge in [0, 0.05) is 7.05 Å². The van der Waals surface area contributed by atoms with Gasteiger partial charge in [-0.2, -0.15) is 5.10 Å². The maximum atomic E-state index is 5.85. The monoisotopic (exact) mass is 184 g/mol. The van der Waals surface area contributed by atoms with Gasteiger partial charge in [-0.3, -0.25) is 4.68 Å². The van der Waals surface area contributed by atoms with Crippen molar-refractivity contribution in [3.63, 3.8) is 0 Å². The first kappa shape index (κ1) is 8.11. The van der Waals surface area contributed by atoms with Crippen LogP contribution in [0.1, 0.15) is 29.8 Å². The molecule has 0 amide bonds. The molecule has 12 heavy (non-hydrogen) atoms. The summed E-state index contributed by atoms with van der Waals surface area (Å²) in [6.07, 6.45) is 4.89. The van der Waals surface area contributed by atoms with E-state index in [4.69, 9.17) is 11.6 Å². The lowest BCUT2D eigenvalue weighted by molar-refractivity contribution is 0.664. The van der Waals surface area contributed by atoms with Crippen LogP contribution in [-0.4, -0.2) is 9.78 Å². The largest absolute Gasteiger partial charge is 0.271 e. The fraction of sp³-hybridized carbons (Fsp3) is 0.667. The van der Waals surface area contributed by atoms with Crippen LogP contribution in [0.4, 0.5) is 0 Å². The lowest BCUT2D eigenvalue weighted by Crippen LogP contribution is -2.01. The van der Waals surface area contributed by atoms with Gasteiger partial charge in [0.15, 0.2) is 0 Å². The van der Waals surface area contributed by atoms with E-state index in [1.807, 2.05) is 11.7 Å². The second-order valence-electron chi connectivity index (χ2n) is 3.34. The second-order valence-corrected chi connectivity index (χ2v) is 3.60. The number of fused-ring (bicyclic) bond motifs is 1. The van der Waals surface area contributed by atoms with Crippen molar-refractivity contribution in [3.8, 4) is 0 Å². The topological polar surface area (TPSA) is 17.8 Å². The number of halogens is 1. The molecule has 0 spiro atoms. The van der Waals surface area contributed by atoms with Gasteiger partial charge in [0.25, 0.3) is 0 Å². The molecule has 1 aliphatic carbocycles. The Balaban J connectivity index is 2.46. The van der Waals surface area contributed by atoms with E-state index in [1.165, 1.54) is 36.2 Å². The lowest BCUT2D eigenvalue weighted by atomic mass is 9.96. The molecule has 0 radical (unpaired) electrons. The first-order valence-corrected chi connectivity index (χ1v) is 4.96. The van der Waals surface area contributed by atoms with Crippen molar-refractivity contribution >= 4 is 11.6 Å². The zero-order valence-corrected chi connectivity index (χ0v) is 8.06. The summed E-state index contributed by atoms with van der Waals surface area (Å²) < 4.78 is 1.93. The van der Waals surface area contributed by atoms with Crippen molar-refractivity contribution in [1.29, 1.82) is 0 Å². The lowest BCUT2D eigenvalue weighted by Gasteiger charge is -2.09. The van der Waals surface area contributed by atoms with Crippen LogP contribution in [-0.2, 0) is 25.8 Å². The minimum Gasteiger partial charge on any atom is -0.271 e. The predicted molar refractivity (Wildman–Crippen MR) is 49.4 cm³/mol. The number of aryl methyl sites for hydroxylation is 2. The van der Waals surface area contributed by atoms with Gasteiger partial charge in [-0.15, -0.1) is 11.6 Å². The van der Waals surface area contributed by atoms with E-state index >= 15 is 0 Å². The summed E-state index contributed by atoms with van der Waals surface area (Å²) in [5.74, 6) is 0.596. The first-order valence-electron chi connectivity index (χ1n) is 4.42. The van der Waals surface area contributed by atoms with Crippen LogP contribution >= 0.6 is 11.6 Å². The first-order chi connectivity index (χ1) is 5.83. The molecule has 0 fully saturated rings. The number of rotatable bonds is 1. The van der Waals surface area contributed by atoms with Crippen LogP contribution in [0.2, 0.25) is 0 Å². The third-order valence-corrected chi connectivity index (χ3v) is 2.83. The Kier molecular flexibility index (Phi) is 2.09. The SMILES string of the molecule is Cn1nc2c(c1CCl)CCCC2. The Bertz CT molecular complexity index is 291. The number of aromatic nitrogens is 2. The number of hydrogen-bond donors (Lipinski definition) is 0. The van der Waals surface area contributed by atoms with Gasteiger partial charge in [-0.25, -0.2) is 0 Å². The Morgan fingerprint density at radius 3 is 2.92 bits per heavy atom. The molecule has 0 bridgehead atoms. The van der Waals surface area contributed by atoms with Crippen LogP contribution in [0.5, 0.6) is 0 Å². The molecule has 0 aromatic carbocycles. The number of alkyl halides is 1. The van der Waals surface area contributed by atoms with Gasteiger partial charge >= 0.3 is 0 Å². The van der Waals surface area contributed by atoms with Crippen molar-refractivity contribution in [2.75, 3.05) is 0 Å². The molecule has 0 saturated heterocycles. The quantitative estimate of drug-likeness (QED) is 0.611. The highest BCUT2D eigenvalue weighted by atomic mass is 35.5. The van der Waals surface area contributed by atoms with E-state index in [-0.39, 0.29) is 0 Å². The van der Waals surface area contributed by atoms with Crippen LogP contribution in [0.15, 0.2) is 0 Å². The zero-order valence-electron chi connectivity index (χ0n) is 7.31. The molecule has 1 aromatic rings. The van der Waals surface area contributed by atoms with Gasteiger partial charge in [-0.05, 0) is 31.2 Å². The Labute approximate surface area is 77.5 Å². The van der Waals surface area contributed by atoms with Crippen molar-refractivity contribution in [3.05, 3.63) is 17.0 Å². The van der Waals surface area contributed by atoms with Gasteiger partial charge < -0.3 is 0 Å². The molecular weight excluding hydrogens is 172 g/mol.